The summed E-state index contributed by atoms with van der Waals surface area (Å²) in [4.78, 5) is 18.7. The molecule has 4 aromatic rings. The SMILES string of the molecule is CN(C)[C@@H](CNc1nc(-c2cccnc2)nc2sc3c(c12)CCC3)c1ccco1. The van der Waals surface area contributed by atoms with Crippen LogP contribution >= 0.6 is 11.3 Å². The Labute approximate surface area is 173 Å². The first kappa shape index (κ1) is 18.3. The highest BCUT2D eigenvalue weighted by molar-refractivity contribution is 7.19. The van der Waals surface area contributed by atoms with Crippen molar-refractivity contribution in [3.05, 3.63) is 59.1 Å². The van der Waals surface area contributed by atoms with E-state index in [1.165, 1.54) is 22.2 Å². The van der Waals surface area contributed by atoms with Crippen molar-refractivity contribution in [2.45, 2.75) is 25.3 Å². The third-order valence-corrected chi connectivity index (χ3v) is 6.63. The van der Waals surface area contributed by atoms with E-state index in [0.29, 0.717) is 12.4 Å². The lowest BCUT2D eigenvalue weighted by atomic mass is 10.1. The second kappa shape index (κ2) is 7.57. The van der Waals surface area contributed by atoms with E-state index in [-0.39, 0.29) is 6.04 Å². The maximum Gasteiger partial charge on any atom is 0.164 e. The Kier molecular flexibility index (Phi) is 4.77. The van der Waals surface area contributed by atoms with Gasteiger partial charge in [-0.3, -0.25) is 9.88 Å². The topological polar surface area (TPSA) is 67.1 Å². The minimum absolute atomic E-state index is 0.114. The van der Waals surface area contributed by atoms with Crippen LogP contribution in [0, 0.1) is 0 Å². The molecule has 1 N–H and O–H groups in total. The van der Waals surface area contributed by atoms with Crippen LogP contribution in [0.3, 0.4) is 0 Å². The molecule has 0 saturated heterocycles. The van der Waals surface area contributed by atoms with Crippen molar-refractivity contribution in [2.75, 3.05) is 26.0 Å². The molecule has 0 fully saturated rings. The number of thiophene rings is 1. The predicted molar refractivity (Wildman–Crippen MR) is 116 cm³/mol. The van der Waals surface area contributed by atoms with Gasteiger partial charge in [-0.2, -0.15) is 0 Å². The van der Waals surface area contributed by atoms with Crippen molar-refractivity contribution in [3.63, 3.8) is 0 Å². The van der Waals surface area contributed by atoms with E-state index in [0.717, 1.165) is 34.8 Å². The number of likely N-dealkylation sites (N-methyl/N-ethyl adjacent to an activating group) is 1. The molecule has 148 valence electrons. The van der Waals surface area contributed by atoms with Crippen LogP contribution < -0.4 is 5.32 Å². The van der Waals surface area contributed by atoms with Gasteiger partial charge in [0.05, 0.1) is 17.7 Å². The summed E-state index contributed by atoms with van der Waals surface area (Å²) in [7, 11) is 4.13. The summed E-state index contributed by atoms with van der Waals surface area (Å²) >= 11 is 1.81. The number of aryl methyl sites for hydroxylation is 2. The minimum Gasteiger partial charge on any atom is -0.468 e. The van der Waals surface area contributed by atoms with Gasteiger partial charge in [-0.05, 0) is 63.2 Å². The maximum atomic E-state index is 5.66. The standard InChI is InChI=1S/C22H23N5OS/c1-27(2)16(17-8-5-11-28-17)13-24-21-19-15-7-3-9-18(15)29-22(19)26-20(25-21)14-6-4-10-23-12-14/h4-6,8,10-12,16H,3,7,9,13H2,1-2H3,(H,24,25,26)/t16-/m0/s1. The van der Waals surface area contributed by atoms with Crippen LogP contribution in [0.4, 0.5) is 5.82 Å². The summed E-state index contributed by atoms with van der Waals surface area (Å²) in [6, 6.07) is 7.99. The number of nitrogens with one attached hydrogen (secondary N) is 1. The molecule has 0 amide bonds. The number of anilines is 1. The summed E-state index contributed by atoms with van der Waals surface area (Å²) in [5, 5.41) is 4.80. The zero-order chi connectivity index (χ0) is 19.8. The molecular formula is C22H23N5OS. The van der Waals surface area contributed by atoms with Crippen molar-refractivity contribution in [3.8, 4) is 11.4 Å². The molecule has 0 aromatic carbocycles. The van der Waals surface area contributed by atoms with E-state index in [1.807, 2.05) is 41.8 Å². The van der Waals surface area contributed by atoms with Gasteiger partial charge in [0, 0.05) is 29.4 Å². The van der Waals surface area contributed by atoms with Crippen molar-refractivity contribution in [2.24, 2.45) is 0 Å². The molecule has 4 heterocycles. The Hall–Kier alpha value is -2.77. The fourth-order valence-corrected chi connectivity index (χ4v) is 5.22. The number of pyridine rings is 1. The first-order chi connectivity index (χ1) is 14.2. The molecule has 0 saturated carbocycles. The highest BCUT2D eigenvalue weighted by atomic mass is 32.1. The van der Waals surface area contributed by atoms with E-state index in [1.54, 1.807) is 12.5 Å². The molecule has 0 spiro atoms. The first-order valence-electron chi connectivity index (χ1n) is 9.87. The van der Waals surface area contributed by atoms with Gasteiger partial charge in [0.25, 0.3) is 0 Å². The highest BCUT2D eigenvalue weighted by Gasteiger charge is 2.24. The summed E-state index contributed by atoms with van der Waals surface area (Å²) in [5.74, 6) is 2.56. The number of hydrogen-bond donors (Lipinski definition) is 1. The fraction of sp³-hybridized carbons (Fsp3) is 0.318. The Morgan fingerprint density at radius 3 is 2.90 bits per heavy atom. The van der Waals surface area contributed by atoms with Crippen molar-refractivity contribution >= 4 is 27.4 Å². The number of nitrogens with zero attached hydrogens (tertiary/aromatic N) is 4. The van der Waals surface area contributed by atoms with Crippen molar-refractivity contribution in [1.82, 2.24) is 19.9 Å². The Bertz CT molecular complexity index is 1120. The summed E-state index contributed by atoms with van der Waals surface area (Å²) in [5.41, 5.74) is 2.35. The number of aromatic nitrogens is 3. The second-order valence-corrected chi connectivity index (χ2v) is 8.63. The van der Waals surface area contributed by atoms with Crippen LogP contribution in [0.15, 0.2) is 47.3 Å². The van der Waals surface area contributed by atoms with E-state index >= 15 is 0 Å². The Morgan fingerprint density at radius 1 is 1.21 bits per heavy atom. The predicted octanol–water partition coefficient (Wildman–Crippen LogP) is 4.55. The van der Waals surface area contributed by atoms with Gasteiger partial charge in [0.15, 0.2) is 5.82 Å². The van der Waals surface area contributed by atoms with E-state index < -0.39 is 0 Å². The van der Waals surface area contributed by atoms with Crippen LogP contribution in [-0.2, 0) is 12.8 Å². The van der Waals surface area contributed by atoms with Gasteiger partial charge in [-0.1, -0.05) is 0 Å². The number of hydrogen-bond acceptors (Lipinski definition) is 7. The third kappa shape index (κ3) is 3.41. The smallest absolute Gasteiger partial charge is 0.164 e. The molecule has 0 radical (unpaired) electrons. The molecule has 6 nitrogen and oxygen atoms in total. The van der Waals surface area contributed by atoms with Crippen LogP contribution in [0.1, 0.15) is 28.7 Å². The number of furan rings is 1. The van der Waals surface area contributed by atoms with E-state index in [4.69, 9.17) is 14.4 Å². The van der Waals surface area contributed by atoms with Crippen molar-refractivity contribution < 1.29 is 4.42 Å². The zero-order valence-electron chi connectivity index (χ0n) is 16.6. The second-order valence-electron chi connectivity index (χ2n) is 7.55. The van der Waals surface area contributed by atoms with Gasteiger partial charge in [-0.15, -0.1) is 11.3 Å². The highest BCUT2D eigenvalue weighted by Crippen LogP contribution is 2.40. The van der Waals surface area contributed by atoms with Gasteiger partial charge in [0.1, 0.15) is 16.4 Å². The summed E-state index contributed by atoms with van der Waals surface area (Å²) in [6.45, 7) is 0.698. The fourth-order valence-electron chi connectivity index (χ4n) is 3.96. The molecule has 1 atom stereocenters. The molecule has 0 unspecified atom stereocenters. The largest absolute Gasteiger partial charge is 0.468 e. The maximum absolute atomic E-state index is 5.66. The van der Waals surface area contributed by atoms with E-state index in [9.17, 15) is 0 Å². The van der Waals surface area contributed by atoms with Crippen LogP contribution in [-0.4, -0.2) is 40.5 Å². The number of rotatable bonds is 6. The lowest BCUT2D eigenvalue weighted by Gasteiger charge is -2.23. The molecule has 7 heteroatoms. The molecule has 0 aliphatic heterocycles. The van der Waals surface area contributed by atoms with Gasteiger partial charge < -0.3 is 9.73 Å². The van der Waals surface area contributed by atoms with Gasteiger partial charge in [-0.25, -0.2) is 9.97 Å². The monoisotopic (exact) mass is 405 g/mol. The quantitative estimate of drug-likeness (QED) is 0.508. The summed E-state index contributed by atoms with van der Waals surface area (Å²) in [6.07, 6.45) is 8.78. The van der Waals surface area contributed by atoms with Crippen LogP contribution in [0.2, 0.25) is 0 Å². The molecular weight excluding hydrogens is 382 g/mol. The lowest BCUT2D eigenvalue weighted by Crippen LogP contribution is -2.26. The van der Waals surface area contributed by atoms with Gasteiger partial charge >= 0.3 is 0 Å². The average molecular weight is 406 g/mol. The average Bonchev–Trinajstić information content (AvgIpc) is 3.46. The van der Waals surface area contributed by atoms with Crippen LogP contribution in [0.25, 0.3) is 21.6 Å². The van der Waals surface area contributed by atoms with E-state index in [2.05, 4.69) is 29.3 Å². The molecule has 29 heavy (non-hydrogen) atoms. The minimum atomic E-state index is 0.114. The Balaban J connectivity index is 1.56. The normalized spacial score (nSPS) is 14.4. The van der Waals surface area contributed by atoms with Crippen molar-refractivity contribution in [1.29, 1.82) is 0 Å². The molecule has 5 rings (SSSR count). The Morgan fingerprint density at radius 2 is 2.14 bits per heavy atom. The van der Waals surface area contributed by atoms with Gasteiger partial charge in [0.2, 0.25) is 0 Å². The lowest BCUT2D eigenvalue weighted by molar-refractivity contribution is 0.269. The zero-order valence-corrected chi connectivity index (χ0v) is 17.4. The van der Waals surface area contributed by atoms with Crippen LogP contribution in [0.5, 0.6) is 0 Å². The summed E-state index contributed by atoms with van der Waals surface area (Å²) < 4.78 is 5.66. The molecule has 1 aliphatic carbocycles. The molecule has 4 aromatic heterocycles. The third-order valence-electron chi connectivity index (χ3n) is 5.44. The molecule has 0 bridgehead atoms. The first-order valence-corrected chi connectivity index (χ1v) is 10.7. The molecule has 1 aliphatic rings. The number of fused-ring (bicyclic) bond motifs is 3.